The summed E-state index contributed by atoms with van der Waals surface area (Å²) in [6, 6.07) is 5.61. The van der Waals surface area contributed by atoms with Crippen molar-refractivity contribution in [3.05, 3.63) is 67.0 Å². The maximum absolute atomic E-state index is 11.3. The number of benzene rings is 1. The van der Waals surface area contributed by atoms with E-state index >= 15 is 0 Å². The van der Waals surface area contributed by atoms with Gasteiger partial charge in [0.2, 0.25) is 0 Å². The van der Waals surface area contributed by atoms with Crippen molar-refractivity contribution >= 4 is 17.6 Å². The van der Waals surface area contributed by atoms with Crippen LogP contribution < -0.4 is 16.7 Å². The molecule has 0 unspecified atom stereocenters. The van der Waals surface area contributed by atoms with Gasteiger partial charge >= 0.3 is 5.69 Å². The van der Waals surface area contributed by atoms with Crippen LogP contribution in [0.25, 0.3) is 0 Å². The first kappa shape index (κ1) is 13.2. The van der Waals surface area contributed by atoms with E-state index in [0.717, 1.165) is 0 Å². The molecule has 1 aromatic heterocycles. The number of hydrogen-bond donors (Lipinski definition) is 3. The fourth-order valence-corrected chi connectivity index (χ4v) is 1.35. The predicted molar refractivity (Wildman–Crippen MR) is 72.0 cm³/mol. The van der Waals surface area contributed by atoms with Crippen molar-refractivity contribution in [3.8, 4) is 0 Å². The van der Waals surface area contributed by atoms with E-state index in [1.165, 1.54) is 36.7 Å². The van der Waals surface area contributed by atoms with E-state index in [9.17, 15) is 19.7 Å². The topological polar surface area (TPSA) is 133 Å². The number of rotatable bonds is 4. The third kappa shape index (κ3) is 3.16. The van der Waals surface area contributed by atoms with Crippen LogP contribution in [0.5, 0.6) is 0 Å². The van der Waals surface area contributed by atoms with Gasteiger partial charge in [0.15, 0.2) is 0 Å². The highest BCUT2D eigenvalue weighted by Crippen LogP contribution is 2.14. The number of nitro benzene ring substituents is 1. The number of aromatic amines is 2. The van der Waals surface area contributed by atoms with Crippen molar-refractivity contribution in [1.29, 1.82) is 0 Å². The monoisotopic (exact) mass is 275 g/mol. The van der Waals surface area contributed by atoms with Crippen molar-refractivity contribution in [2.75, 3.05) is 5.43 Å². The molecule has 3 N–H and O–H groups in total. The molecule has 1 heterocycles. The molecule has 1 aromatic carbocycles. The molecule has 0 saturated heterocycles. The number of nitrogens with zero attached hydrogens (tertiary/aromatic N) is 2. The van der Waals surface area contributed by atoms with Crippen LogP contribution in [-0.4, -0.2) is 21.1 Å². The minimum Gasteiger partial charge on any atom is -0.313 e. The van der Waals surface area contributed by atoms with Gasteiger partial charge < -0.3 is 4.98 Å². The molecule has 0 bridgehead atoms. The van der Waals surface area contributed by atoms with Crippen LogP contribution in [0.15, 0.2) is 45.2 Å². The molecule has 2 aromatic rings. The molecule has 0 amide bonds. The lowest BCUT2D eigenvalue weighted by atomic mass is 10.3. The van der Waals surface area contributed by atoms with Crippen LogP contribution in [0.4, 0.5) is 11.4 Å². The molecule has 9 nitrogen and oxygen atoms in total. The molecule has 0 spiro atoms. The highest BCUT2D eigenvalue weighted by atomic mass is 16.6. The summed E-state index contributed by atoms with van der Waals surface area (Å²) >= 11 is 0. The van der Waals surface area contributed by atoms with E-state index in [0.29, 0.717) is 5.69 Å². The van der Waals surface area contributed by atoms with Crippen LogP contribution >= 0.6 is 0 Å². The van der Waals surface area contributed by atoms with Gasteiger partial charge in [0.25, 0.3) is 11.2 Å². The van der Waals surface area contributed by atoms with Gasteiger partial charge in [0.1, 0.15) is 0 Å². The van der Waals surface area contributed by atoms with Crippen molar-refractivity contribution in [2.45, 2.75) is 0 Å². The molecule has 0 aliphatic carbocycles. The lowest BCUT2D eigenvalue weighted by molar-refractivity contribution is -0.384. The van der Waals surface area contributed by atoms with Gasteiger partial charge in [0, 0.05) is 18.3 Å². The summed E-state index contributed by atoms with van der Waals surface area (Å²) in [6.07, 6.45) is 2.44. The van der Waals surface area contributed by atoms with E-state index in [2.05, 4.69) is 15.5 Å². The zero-order valence-electron chi connectivity index (χ0n) is 9.99. The summed E-state index contributed by atoms with van der Waals surface area (Å²) < 4.78 is 0. The van der Waals surface area contributed by atoms with Crippen LogP contribution in [0.3, 0.4) is 0 Å². The Bertz CT molecular complexity index is 759. The molecule has 20 heavy (non-hydrogen) atoms. The van der Waals surface area contributed by atoms with E-state index in [4.69, 9.17) is 0 Å². The molecule has 0 aliphatic heterocycles. The number of aromatic nitrogens is 2. The van der Waals surface area contributed by atoms with Crippen molar-refractivity contribution in [1.82, 2.24) is 9.97 Å². The highest BCUT2D eigenvalue weighted by Gasteiger charge is 2.03. The number of H-pyrrole nitrogens is 2. The van der Waals surface area contributed by atoms with E-state index in [1.807, 2.05) is 4.98 Å². The smallest absolute Gasteiger partial charge is 0.313 e. The number of nitrogens with one attached hydrogen (secondary N) is 3. The lowest BCUT2D eigenvalue weighted by Crippen LogP contribution is -2.24. The lowest BCUT2D eigenvalue weighted by Gasteiger charge is -1.98. The Kier molecular flexibility index (Phi) is 3.70. The van der Waals surface area contributed by atoms with Crippen LogP contribution in [0.1, 0.15) is 5.56 Å². The molecular weight excluding hydrogens is 266 g/mol. The Hall–Kier alpha value is -3.23. The molecular formula is C11H9N5O4. The van der Waals surface area contributed by atoms with Gasteiger partial charge in [0.05, 0.1) is 22.4 Å². The molecule has 0 saturated carbocycles. The van der Waals surface area contributed by atoms with Gasteiger partial charge in [-0.05, 0) is 12.1 Å². The number of hydrazone groups is 1. The van der Waals surface area contributed by atoms with E-state index < -0.39 is 16.2 Å². The maximum atomic E-state index is 11.3. The average Bonchev–Trinajstić information content (AvgIpc) is 2.42. The summed E-state index contributed by atoms with van der Waals surface area (Å²) in [7, 11) is 0. The first-order valence-corrected chi connectivity index (χ1v) is 5.42. The van der Waals surface area contributed by atoms with Crippen molar-refractivity contribution in [2.24, 2.45) is 5.10 Å². The molecule has 9 heteroatoms. The second kappa shape index (κ2) is 5.61. The number of non-ortho nitro benzene ring substituents is 1. The fraction of sp³-hybridized carbons (Fsp3) is 0. The largest absolute Gasteiger partial charge is 0.325 e. The zero-order valence-corrected chi connectivity index (χ0v) is 9.99. The van der Waals surface area contributed by atoms with Crippen LogP contribution in [0.2, 0.25) is 0 Å². The molecule has 0 fully saturated rings. The zero-order chi connectivity index (χ0) is 14.5. The van der Waals surface area contributed by atoms with Crippen LogP contribution in [-0.2, 0) is 0 Å². The van der Waals surface area contributed by atoms with Crippen LogP contribution in [0, 0.1) is 10.1 Å². The SMILES string of the molecule is O=c1[nH]cc(/C=N\Nc2ccc([N+](=O)[O-])cc2)c(=O)[nH]1. The predicted octanol–water partition coefficient (Wildman–Crippen LogP) is 0.417. The molecule has 0 atom stereocenters. The van der Waals surface area contributed by atoms with Gasteiger partial charge in [-0.25, -0.2) is 4.79 Å². The Morgan fingerprint density at radius 2 is 1.95 bits per heavy atom. The quantitative estimate of drug-likeness (QED) is 0.422. The normalized spacial score (nSPS) is 10.6. The van der Waals surface area contributed by atoms with Gasteiger partial charge in [-0.15, -0.1) is 0 Å². The summed E-state index contributed by atoms with van der Waals surface area (Å²) in [4.78, 5) is 36.4. The summed E-state index contributed by atoms with van der Waals surface area (Å²) in [5.41, 5.74) is 2.09. The fourth-order valence-electron chi connectivity index (χ4n) is 1.35. The van der Waals surface area contributed by atoms with Gasteiger partial charge in [-0.2, -0.15) is 5.10 Å². The molecule has 0 radical (unpaired) electrons. The second-order valence-corrected chi connectivity index (χ2v) is 3.70. The van der Waals surface area contributed by atoms with Crippen molar-refractivity contribution in [3.63, 3.8) is 0 Å². The molecule has 2 rings (SSSR count). The average molecular weight is 275 g/mol. The Morgan fingerprint density at radius 3 is 2.55 bits per heavy atom. The minimum atomic E-state index is -0.601. The van der Waals surface area contributed by atoms with Gasteiger partial charge in [-0.3, -0.25) is 25.3 Å². The maximum Gasteiger partial charge on any atom is 0.325 e. The minimum absolute atomic E-state index is 0.0309. The molecule has 0 aliphatic rings. The summed E-state index contributed by atoms with van der Waals surface area (Å²) in [5, 5.41) is 14.3. The standard InChI is InChI=1S/C11H9N5O4/c17-10-7(5-12-11(18)14-10)6-13-15-8-1-3-9(4-2-8)16(19)20/h1-6,15H,(H2,12,14,17,18)/b13-6-. The number of anilines is 1. The Morgan fingerprint density at radius 1 is 1.25 bits per heavy atom. The number of nitro groups is 1. The number of hydrogen-bond acceptors (Lipinski definition) is 6. The summed E-state index contributed by atoms with van der Waals surface area (Å²) in [5.74, 6) is 0. The molecule has 102 valence electrons. The first-order valence-electron chi connectivity index (χ1n) is 5.42. The van der Waals surface area contributed by atoms with Gasteiger partial charge in [-0.1, -0.05) is 0 Å². The Labute approximate surface area is 111 Å². The highest BCUT2D eigenvalue weighted by molar-refractivity contribution is 5.79. The second-order valence-electron chi connectivity index (χ2n) is 3.70. The van der Waals surface area contributed by atoms with Crippen molar-refractivity contribution < 1.29 is 4.92 Å². The third-order valence-corrected chi connectivity index (χ3v) is 2.32. The van der Waals surface area contributed by atoms with E-state index in [-0.39, 0.29) is 11.3 Å². The third-order valence-electron chi connectivity index (χ3n) is 2.32. The Balaban J connectivity index is 2.08. The first-order chi connectivity index (χ1) is 9.56. The summed E-state index contributed by atoms with van der Waals surface area (Å²) in [6.45, 7) is 0. The van der Waals surface area contributed by atoms with E-state index in [1.54, 1.807) is 0 Å².